The van der Waals surface area contributed by atoms with Gasteiger partial charge in [-0.25, -0.2) is 4.98 Å². The van der Waals surface area contributed by atoms with Crippen LogP contribution >= 0.6 is 0 Å². The molecule has 148 valence electrons. The maximum atomic E-state index is 9.20. The van der Waals surface area contributed by atoms with Crippen molar-refractivity contribution in [1.29, 1.82) is 5.26 Å². The standard InChI is InChI=1S/C24H20N4O2/c25-13-19-10-6-12-27-21(19)17-29-22-11-5-4-9-20(22)14-26-16-24-28-15-23(30-24)18-7-2-1-3-8-18/h1-12,15,26H,14,16-17H2. The molecule has 0 atom stereocenters. The van der Waals surface area contributed by atoms with Crippen molar-refractivity contribution >= 4 is 0 Å². The predicted molar refractivity (Wildman–Crippen MR) is 112 cm³/mol. The zero-order valence-corrected chi connectivity index (χ0v) is 16.3. The first-order valence-electron chi connectivity index (χ1n) is 9.59. The number of para-hydroxylation sites is 1. The topological polar surface area (TPSA) is 84.0 Å². The third kappa shape index (κ3) is 4.72. The zero-order valence-electron chi connectivity index (χ0n) is 16.3. The summed E-state index contributed by atoms with van der Waals surface area (Å²) in [5.41, 5.74) is 3.14. The molecular weight excluding hydrogens is 376 g/mol. The minimum atomic E-state index is 0.237. The molecule has 4 rings (SSSR count). The van der Waals surface area contributed by atoms with E-state index in [1.54, 1.807) is 24.5 Å². The van der Waals surface area contributed by atoms with Crippen LogP contribution in [-0.4, -0.2) is 9.97 Å². The Labute approximate surface area is 174 Å². The Morgan fingerprint density at radius 3 is 2.63 bits per heavy atom. The van der Waals surface area contributed by atoms with Crippen molar-refractivity contribution in [2.75, 3.05) is 0 Å². The molecule has 2 heterocycles. The lowest BCUT2D eigenvalue weighted by Crippen LogP contribution is -2.14. The fraction of sp³-hybridized carbons (Fsp3) is 0.125. The summed E-state index contributed by atoms with van der Waals surface area (Å²) in [5, 5.41) is 12.5. The van der Waals surface area contributed by atoms with Crippen molar-refractivity contribution in [2.45, 2.75) is 19.7 Å². The molecule has 0 aliphatic carbocycles. The number of aromatic nitrogens is 2. The van der Waals surface area contributed by atoms with E-state index in [1.165, 1.54) is 0 Å². The van der Waals surface area contributed by atoms with E-state index in [1.807, 2.05) is 54.6 Å². The average Bonchev–Trinajstić information content (AvgIpc) is 3.28. The van der Waals surface area contributed by atoms with E-state index in [-0.39, 0.29) is 6.61 Å². The summed E-state index contributed by atoms with van der Waals surface area (Å²) >= 11 is 0. The molecule has 0 bridgehead atoms. The van der Waals surface area contributed by atoms with Crippen LogP contribution in [0.1, 0.15) is 22.7 Å². The van der Waals surface area contributed by atoms with Gasteiger partial charge >= 0.3 is 0 Å². The molecule has 6 nitrogen and oxygen atoms in total. The molecule has 0 saturated carbocycles. The molecule has 2 aromatic heterocycles. The Balaban J connectivity index is 1.36. The van der Waals surface area contributed by atoms with Gasteiger partial charge < -0.3 is 14.5 Å². The number of benzene rings is 2. The van der Waals surface area contributed by atoms with Crippen LogP contribution in [0.3, 0.4) is 0 Å². The molecule has 0 aliphatic heterocycles. The second-order valence-corrected chi connectivity index (χ2v) is 6.59. The van der Waals surface area contributed by atoms with Crippen LogP contribution in [0.4, 0.5) is 0 Å². The number of hydrogen-bond donors (Lipinski definition) is 1. The maximum absolute atomic E-state index is 9.20. The highest BCUT2D eigenvalue weighted by Gasteiger charge is 2.09. The average molecular weight is 396 g/mol. The van der Waals surface area contributed by atoms with Crippen molar-refractivity contribution < 1.29 is 9.15 Å². The van der Waals surface area contributed by atoms with Gasteiger partial charge in [0.15, 0.2) is 5.76 Å². The minimum absolute atomic E-state index is 0.237. The van der Waals surface area contributed by atoms with Gasteiger partial charge in [-0.3, -0.25) is 4.98 Å². The lowest BCUT2D eigenvalue weighted by atomic mass is 10.2. The summed E-state index contributed by atoms with van der Waals surface area (Å²) < 4.78 is 11.8. The van der Waals surface area contributed by atoms with Gasteiger partial charge in [-0.15, -0.1) is 0 Å². The molecule has 1 N–H and O–H groups in total. The number of nitriles is 1. The quantitative estimate of drug-likeness (QED) is 0.473. The van der Waals surface area contributed by atoms with Gasteiger partial charge in [0.25, 0.3) is 0 Å². The summed E-state index contributed by atoms with van der Waals surface area (Å²) in [7, 11) is 0. The van der Waals surface area contributed by atoms with Crippen molar-refractivity contribution in [3.05, 3.63) is 102 Å². The lowest BCUT2D eigenvalue weighted by Gasteiger charge is -2.12. The van der Waals surface area contributed by atoms with Crippen LogP contribution in [0, 0.1) is 11.3 Å². The number of hydrogen-bond acceptors (Lipinski definition) is 6. The highest BCUT2D eigenvalue weighted by Crippen LogP contribution is 2.21. The first-order valence-corrected chi connectivity index (χ1v) is 9.59. The molecule has 0 amide bonds. The largest absolute Gasteiger partial charge is 0.487 e. The SMILES string of the molecule is N#Cc1cccnc1COc1ccccc1CNCc1ncc(-c2ccccc2)o1. The number of rotatable bonds is 8. The zero-order chi connectivity index (χ0) is 20.6. The van der Waals surface area contributed by atoms with Crippen molar-refractivity contribution in [3.63, 3.8) is 0 Å². The van der Waals surface area contributed by atoms with Gasteiger partial charge in [0.05, 0.1) is 24.0 Å². The molecule has 0 saturated heterocycles. The molecule has 0 unspecified atom stereocenters. The number of pyridine rings is 1. The van der Waals surface area contributed by atoms with Crippen LogP contribution in [0.5, 0.6) is 5.75 Å². The Hall–Kier alpha value is -3.95. The second-order valence-electron chi connectivity index (χ2n) is 6.59. The van der Waals surface area contributed by atoms with Gasteiger partial charge in [0.2, 0.25) is 5.89 Å². The second kappa shape index (κ2) is 9.50. The summed E-state index contributed by atoms with van der Waals surface area (Å²) in [5.74, 6) is 2.12. The first-order chi connectivity index (χ1) is 14.8. The van der Waals surface area contributed by atoms with E-state index < -0.39 is 0 Å². The fourth-order valence-corrected chi connectivity index (χ4v) is 3.02. The van der Waals surface area contributed by atoms with E-state index in [2.05, 4.69) is 21.4 Å². The summed E-state index contributed by atoms with van der Waals surface area (Å²) in [6.45, 7) is 1.33. The molecule has 0 radical (unpaired) electrons. The monoisotopic (exact) mass is 396 g/mol. The van der Waals surface area contributed by atoms with E-state index in [4.69, 9.17) is 9.15 Å². The Morgan fingerprint density at radius 2 is 1.77 bits per heavy atom. The highest BCUT2D eigenvalue weighted by molar-refractivity contribution is 5.55. The maximum Gasteiger partial charge on any atom is 0.208 e. The molecule has 0 aliphatic rings. The van der Waals surface area contributed by atoms with E-state index in [9.17, 15) is 5.26 Å². The third-order valence-corrected chi connectivity index (χ3v) is 4.55. The van der Waals surface area contributed by atoms with Crippen molar-refractivity contribution in [2.24, 2.45) is 0 Å². The minimum Gasteiger partial charge on any atom is -0.487 e. The number of nitrogens with zero attached hydrogens (tertiary/aromatic N) is 3. The first kappa shape index (κ1) is 19.4. The molecule has 6 heteroatoms. The molecule has 2 aromatic carbocycles. The number of nitrogens with one attached hydrogen (secondary N) is 1. The van der Waals surface area contributed by atoms with Gasteiger partial charge in [-0.1, -0.05) is 48.5 Å². The molecule has 4 aromatic rings. The number of ether oxygens (including phenoxy) is 1. The normalized spacial score (nSPS) is 10.5. The van der Waals surface area contributed by atoms with Gasteiger partial charge in [0, 0.05) is 23.9 Å². The van der Waals surface area contributed by atoms with Crippen LogP contribution in [0.25, 0.3) is 11.3 Å². The van der Waals surface area contributed by atoms with Crippen LogP contribution < -0.4 is 10.1 Å². The predicted octanol–water partition coefficient (Wildman–Crippen LogP) is 4.48. The summed E-state index contributed by atoms with van der Waals surface area (Å²) in [6, 6.07) is 23.3. The van der Waals surface area contributed by atoms with Gasteiger partial charge in [-0.2, -0.15) is 5.26 Å². The Morgan fingerprint density at radius 1 is 0.933 bits per heavy atom. The molecular formula is C24H20N4O2. The van der Waals surface area contributed by atoms with Crippen LogP contribution in [0.15, 0.2) is 83.5 Å². The van der Waals surface area contributed by atoms with Crippen molar-refractivity contribution in [1.82, 2.24) is 15.3 Å². The van der Waals surface area contributed by atoms with E-state index >= 15 is 0 Å². The third-order valence-electron chi connectivity index (χ3n) is 4.55. The summed E-state index contributed by atoms with van der Waals surface area (Å²) in [4.78, 5) is 8.58. The van der Waals surface area contributed by atoms with Crippen LogP contribution in [0.2, 0.25) is 0 Å². The van der Waals surface area contributed by atoms with Crippen LogP contribution in [-0.2, 0) is 19.7 Å². The van der Waals surface area contributed by atoms with Gasteiger partial charge in [0.1, 0.15) is 18.4 Å². The highest BCUT2D eigenvalue weighted by atomic mass is 16.5. The molecule has 0 fully saturated rings. The Bertz CT molecular complexity index is 1150. The van der Waals surface area contributed by atoms with E-state index in [0.29, 0.717) is 30.2 Å². The van der Waals surface area contributed by atoms with E-state index in [0.717, 1.165) is 22.6 Å². The molecule has 0 spiro atoms. The summed E-state index contributed by atoms with van der Waals surface area (Å²) in [6.07, 6.45) is 3.40. The van der Waals surface area contributed by atoms with Gasteiger partial charge in [-0.05, 0) is 18.2 Å². The Kier molecular flexibility index (Phi) is 6.13. The fourth-order valence-electron chi connectivity index (χ4n) is 3.02. The molecule has 30 heavy (non-hydrogen) atoms. The lowest BCUT2D eigenvalue weighted by molar-refractivity contribution is 0.296. The van der Waals surface area contributed by atoms with Crippen molar-refractivity contribution in [3.8, 4) is 23.1 Å². The number of oxazole rings is 1. The smallest absolute Gasteiger partial charge is 0.208 e.